The summed E-state index contributed by atoms with van der Waals surface area (Å²) in [6.07, 6.45) is 0.503. The Bertz CT molecular complexity index is 233. The van der Waals surface area contributed by atoms with Gasteiger partial charge in [0.25, 0.3) is 11.3 Å². The maximum atomic E-state index is 9.37. The molecule has 0 aromatic heterocycles. The van der Waals surface area contributed by atoms with Gasteiger partial charge in [-0.25, -0.2) is 0 Å². The van der Waals surface area contributed by atoms with E-state index in [2.05, 4.69) is 6.58 Å². The van der Waals surface area contributed by atoms with E-state index in [-0.39, 0.29) is 21.4 Å². The molecule has 0 saturated carbocycles. The number of hydrogen-bond donors (Lipinski definition) is 1. The molecule has 0 spiro atoms. The molecule has 0 heterocycles. The third-order valence-electron chi connectivity index (χ3n) is 0.203. The average molecular weight is 338 g/mol. The summed E-state index contributed by atoms with van der Waals surface area (Å²) in [6.45, 7) is 3.09. The van der Waals surface area contributed by atoms with E-state index in [1.54, 1.807) is 0 Å². The van der Waals surface area contributed by atoms with Gasteiger partial charge in [-0.1, -0.05) is 53.0 Å². The number of nitrogens with zero attached hydrogens (tertiary/aromatic N) is 2. The molecule has 0 aromatic carbocycles. The van der Waals surface area contributed by atoms with Crippen molar-refractivity contribution < 1.29 is 15.2 Å². The van der Waals surface area contributed by atoms with Crippen molar-refractivity contribution in [3.63, 3.8) is 0 Å². The number of halogens is 5. The van der Waals surface area contributed by atoms with Crippen LogP contribution >= 0.6 is 58.8 Å². The molecule has 0 aliphatic rings. The van der Waals surface area contributed by atoms with Gasteiger partial charge in [0.1, 0.15) is 0 Å². The second kappa shape index (κ2) is 16.9. The summed E-state index contributed by atoms with van der Waals surface area (Å²) in [6, 6.07) is 0. The summed E-state index contributed by atoms with van der Waals surface area (Å²) in [4.78, 5) is 17.0. The van der Waals surface area contributed by atoms with Crippen molar-refractivity contribution in [1.82, 2.24) is 0 Å². The van der Waals surface area contributed by atoms with Crippen LogP contribution in [0.4, 0.5) is 0 Å². The SMILES string of the molecule is C=C(Cl)Cl.Cl.O=[N+]([O-])C=C(Cl)Cl.O=[N+]([O-])O. The molecule has 0 aliphatic carbocycles. The minimum Gasteiger partial charge on any atom is -0.328 e. The van der Waals surface area contributed by atoms with Crippen molar-refractivity contribution in [2.24, 2.45) is 0 Å². The first-order valence-electron chi connectivity index (χ1n) is 2.59. The topological polar surface area (TPSA) is 107 Å². The Hall–Kier alpha value is -0.470. The number of hydrogen-bond acceptors (Lipinski definition) is 4. The van der Waals surface area contributed by atoms with E-state index in [9.17, 15) is 10.1 Å². The average Bonchev–Trinajstić information content (AvgIpc) is 1.78. The van der Waals surface area contributed by atoms with Crippen LogP contribution in [0.15, 0.2) is 21.8 Å². The largest absolute Gasteiger partial charge is 0.328 e. The summed E-state index contributed by atoms with van der Waals surface area (Å²) in [5, 5.41) is 23.0. The molecule has 1 N–H and O–H groups in total. The predicted molar refractivity (Wildman–Crippen MR) is 63.7 cm³/mol. The van der Waals surface area contributed by atoms with Crippen LogP contribution in [0.2, 0.25) is 0 Å². The van der Waals surface area contributed by atoms with Crippen molar-refractivity contribution in [3.8, 4) is 0 Å². The van der Waals surface area contributed by atoms with Crippen molar-refractivity contribution in [2.75, 3.05) is 0 Å². The molecule has 0 saturated heterocycles. The highest BCUT2D eigenvalue weighted by Gasteiger charge is 1.89. The first-order chi connectivity index (χ1) is 6.59. The van der Waals surface area contributed by atoms with Crippen LogP contribution < -0.4 is 0 Å². The fourth-order valence-corrected chi connectivity index (χ4v) is 0.239. The Morgan fingerprint density at radius 3 is 1.38 bits per heavy atom. The quantitative estimate of drug-likeness (QED) is 0.581. The summed E-state index contributed by atoms with van der Waals surface area (Å²) in [7, 11) is 0. The van der Waals surface area contributed by atoms with Crippen LogP contribution in [0.1, 0.15) is 0 Å². The van der Waals surface area contributed by atoms with Gasteiger partial charge in [-0.05, 0) is 0 Å². The Kier molecular flexibility index (Phi) is 26.1. The molecule has 12 heteroatoms. The van der Waals surface area contributed by atoms with E-state index < -0.39 is 10.0 Å². The maximum absolute atomic E-state index is 9.37. The minimum absolute atomic E-state index is 0. The van der Waals surface area contributed by atoms with Crippen LogP contribution in [-0.4, -0.2) is 15.2 Å². The van der Waals surface area contributed by atoms with E-state index in [1.807, 2.05) is 0 Å². The number of nitro groups is 1. The number of rotatable bonds is 1. The van der Waals surface area contributed by atoms with Gasteiger partial charge in [-0.3, -0.25) is 10.1 Å². The summed E-state index contributed by atoms with van der Waals surface area (Å²) in [5.41, 5.74) is 0. The van der Waals surface area contributed by atoms with E-state index in [0.717, 1.165) is 0 Å². The molecule has 0 aliphatic heterocycles. The molecule has 0 aromatic rings. The van der Waals surface area contributed by atoms with Crippen LogP contribution in [0.25, 0.3) is 0 Å². The molecule has 0 fully saturated rings. The zero-order chi connectivity index (χ0) is 13.0. The molecule has 96 valence electrons. The molecule has 7 nitrogen and oxygen atoms in total. The Morgan fingerprint density at radius 2 is 1.38 bits per heavy atom. The molecule has 0 radical (unpaired) electrons. The second-order valence-electron chi connectivity index (χ2n) is 1.28. The third-order valence-corrected chi connectivity index (χ3v) is 0.398. The lowest BCUT2D eigenvalue weighted by Gasteiger charge is -1.73. The highest BCUT2D eigenvalue weighted by molar-refractivity contribution is 6.55. The molecule has 0 atom stereocenters. The van der Waals surface area contributed by atoms with E-state index in [4.69, 9.17) is 61.7 Å². The minimum atomic E-state index is -1.50. The van der Waals surface area contributed by atoms with Gasteiger partial charge in [0.05, 0.1) is 9.41 Å². The molecule has 0 bridgehead atoms. The maximum Gasteiger partial charge on any atom is 0.291 e. The van der Waals surface area contributed by atoms with Crippen molar-refractivity contribution >= 4 is 58.8 Å². The zero-order valence-corrected chi connectivity index (χ0v) is 11.0. The van der Waals surface area contributed by atoms with E-state index >= 15 is 0 Å². The Balaban J connectivity index is -0.0000000700. The Morgan fingerprint density at radius 1 is 1.19 bits per heavy atom. The highest BCUT2D eigenvalue weighted by atomic mass is 35.5. The molecule has 0 unspecified atom stereocenters. The predicted octanol–water partition coefficient (Wildman–Crippen LogP) is 3.55. The molecule has 0 rings (SSSR count). The lowest BCUT2D eigenvalue weighted by Crippen LogP contribution is -1.81. The lowest BCUT2D eigenvalue weighted by molar-refractivity contribution is -0.742. The smallest absolute Gasteiger partial charge is 0.291 e. The fourth-order valence-electron chi connectivity index (χ4n) is 0.0797. The van der Waals surface area contributed by atoms with Gasteiger partial charge < -0.3 is 5.21 Å². The zero-order valence-electron chi connectivity index (χ0n) is 7.18. The monoisotopic (exact) mass is 336 g/mol. The highest BCUT2D eigenvalue weighted by Crippen LogP contribution is 2.04. The van der Waals surface area contributed by atoms with Crippen molar-refractivity contribution in [3.05, 3.63) is 42.0 Å². The van der Waals surface area contributed by atoms with Gasteiger partial charge in [0.2, 0.25) is 0 Å². The first-order valence-corrected chi connectivity index (χ1v) is 4.10. The molecule has 0 amide bonds. The van der Waals surface area contributed by atoms with Crippen molar-refractivity contribution in [2.45, 2.75) is 0 Å². The van der Waals surface area contributed by atoms with Crippen LogP contribution in [0.5, 0.6) is 0 Å². The van der Waals surface area contributed by atoms with Gasteiger partial charge in [-0.2, -0.15) is 0 Å². The van der Waals surface area contributed by atoms with Crippen LogP contribution in [-0.2, 0) is 0 Å². The molecular formula is C4H5Cl5N2O5. The fraction of sp³-hybridized carbons (Fsp3) is 0. The molecular weight excluding hydrogens is 333 g/mol. The van der Waals surface area contributed by atoms with E-state index in [0.29, 0.717) is 6.20 Å². The van der Waals surface area contributed by atoms with Gasteiger partial charge >= 0.3 is 0 Å². The van der Waals surface area contributed by atoms with Crippen molar-refractivity contribution in [1.29, 1.82) is 0 Å². The summed E-state index contributed by atoms with van der Waals surface area (Å²) >= 11 is 19.4. The third kappa shape index (κ3) is 170. The lowest BCUT2D eigenvalue weighted by atomic mass is 11.1. The van der Waals surface area contributed by atoms with E-state index in [1.165, 1.54) is 0 Å². The summed E-state index contributed by atoms with van der Waals surface area (Å²) in [5.74, 6) is 0. The standard InChI is InChI=1S/C2HCl2NO2.C2H2Cl2.ClH.HNO3/c3-2(4)1-5(6)7;1-2(3)4;;2-1(3)4/h1H;1H2;1H;(H,2,3,4). The van der Waals surface area contributed by atoms with Crippen LogP contribution in [0, 0.1) is 20.2 Å². The second-order valence-corrected chi connectivity index (χ2v) is 3.39. The molecule has 16 heavy (non-hydrogen) atoms. The van der Waals surface area contributed by atoms with Gasteiger partial charge in [-0.15, -0.1) is 22.5 Å². The van der Waals surface area contributed by atoms with Gasteiger partial charge in [0.15, 0.2) is 4.49 Å². The van der Waals surface area contributed by atoms with Crippen LogP contribution in [0.3, 0.4) is 0 Å². The van der Waals surface area contributed by atoms with Gasteiger partial charge in [0, 0.05) is 0 Å². The first kappa shape index (κ1) is 24.7. The summed E-state index contributed by atoms with van der Waals surface area (Å²) < 4.78 is -0.231. The Labute approximate surface area is 116 Å². The normalized spacial score (nSPS) is 6.50.